The number of imidazole rings is 1. The van der Waals surface area contributed by atoms with Gasteiger partial charge in [-0.2, -0.15) is 0 Å². The zero-order chi connectivity index (χ0) is 18.7. The molecule has 0 unspecified atom stereocenters. The van der Waals surface area contributed by atoms with Gasteiger partial charge in [-0.05, 0) is 30.2 Å². The lowest BCUT2D eigenvalue weighted by Gasteiger charge is -2.17. The molecule has 1 N–H and O–H groups in total. The minimum absolute atomic E-state index is 0.0686. The fourth-order valence-corrected chi connectivity index (χ4v) is 3.00. The molecule has 0 saturated heterocycles. The Bertz CT molecular complexity index is 919. The number of amides is 1. The van der Waals surface area contributed by atoms with Crippen LogP contribution in [0.3, 0.4) is 0 Å². The number of para-hydroxylation sites is 2. The molecular weight excluding hydrogens is 322 g/mol. The third kappa shape index (κ3) is 3.96. The van der Waals surface area contributed by atoms with E-state index in [0.717, 1.165) is 23.4 Å². The fraction of sp³-hybridized carbons (Fsp3) is 0.364. The van der Waals surface area contributed by atoms with Crippen LogP contribution in [0.15, 0.2) is 48.5 Å². The van der Waals surface area contributed by atoms with E-state index in [2.05, 4.69) is 47.1 Å². The van der Waals surface area contributed by atoms with Gasteiger partial charge in [0.1, 0.15) is 5.82 Å². The van der Waals surface area contributed by atoms with Crippen molar-refractivity contribution in [1.82, 2.24) is 14.9 Å². The Morgan fingerprint density at radius 1 is 1.08 bits per heavy atom. The maximum Gasteiger partial charge on any atom is 0.225 e. The minimum Gasteiger partial charge on any atom is -0.355 e. The average molecular weight is 349 g/mol. The molecule has 136 valence electrons. The number of benzene rings is 2. The van der Waals surface area contributed by atoms with Crippen molar-refractivity contribution in [2.24, 2.45) is 5.41 Å². The lowest BCUT2D eigenvalue weighted by molar-refractivity contribution is -0.128. The van der Waals surface area contributed by atoms with Gasteiger partial charge in [0, 0.05) is 24.9 Å². The van der Waals surface area contributed by atoms with Crippen LogP contribution in [0.5, 0.6) is 0 Å². The monoisotopic (exact) mass is 349 g/mol. The topological polar surface area (TPSA) is 46.9 Å². The highest BCUT2D eigenvalue weighted by Crippen LogP contribution is 2.20. The first-order valence-corrected chi connectivity index (χ1v) is 9.13. The molecule has 2 aromatic carbocycles. The molecule has 26 heavy (non-hydrogen) atoms. The second-order valence-corrected chi connectivity index (χ2v) is 7.79. The van der Waals surface area contributed by atoms with E-state index in [9.17, 15) is 4.79 Å². The van der Waals surface area contributed by atoms with Crippen LogP contribution < -0.4 is 5.32 Å². The summed E-state index contributed by atoms with van der Waals surface area (Å²) in [6.45, 7) is 9.29. The van der Waals surface area contributed by atoms with Gasteiger partial charge >= 0.3 is 0 Å². The third-order valence-corrected chi connectivity index (χ3v) is 4.64. The molecule has 0 aliphatic heterocycles. The number of rotatable bonds is 5. The van der Waals surface area contributed by atoms with Crippen LogP contribution in [-0.2, 0) is 17.8 Å². The van der Waals surface area contributed by atoms with Crippen LogP contribution in [-0.4, -0.2) is 22.0 Å². The Balaban J connectivity index is 1.85. The van der Waals surface area contributed by atoms with Gasteiger partial charge in [-0.25, -0.2) is 4.98 Å². The van der Waals surface area contributed by atoms with Gasteiger partial charge in [-0.3, -0.25) is 4.79 Å². The molecule has 0 fully saturated rings. The number of hydrogen-bond donors (Lipinski definition) is 1. The van der Waals surface area contributed by atoms with Gasteiger partial charge in [-0.1, -0.05) is 57.2 Å². The van der Waals surface area contributed by atoms with Gasteiger partial charge in [0.05, 0.1) is 11.0 Å². The van der Waals surface area contributed by atoms with Crippen molar-refractivity contribution in [3.8, 4) is 0 Å². The Hall–Kier alpha value is -2.62. The third-order valence-electron chi connectivity index (χ3n) is 4.64. The molecule has 3 aromatic rings. The quantitative estimate of drug-likeness (QED) is 0.754. The predicted octanol–water partition coefficient (Wildman–Crippen LogP) is 4.10. The number of hydrogen-bond acceptors (Lipinski definition) is 2. The van der Waals surface area contributed by atoms with E-state index in [1.54, 1.807) is 0 Å². The molecule has 1 amide bonds. The number of fused-ring (bicyclic) bond motifs is 1. The molecule has 0 spiro atoms. The summed E-state index contributed by atoms with van der Waals surface area (Å²) in [6, 6.07) is 16.6. The maximum absolute atomic E-state index is 12.1. The van der Waals surface area contributed by atoms with Crippen molar-refractivity contribution in [2.45, 2.75) is 40.7 Å². The first kappa shape index (κ1) is 18.2. The van der Waals surface area contributed by atoms with Gasteiger partial charge < -0.3 is 9.88 Å². The molecule has 1 heterocycles. The van der Waals surface area contributed by atoms with Crippen LogP contribution in [0.1, 0.15) is 37.7 Å². The van der Waals surface area contributed by atoms with E-state index in [1.165, 1.54) is 11.1 Å². The predicted molar refractivity (Wildman–Crippen MR) is 106 cm³/mol. The zero-order valence-electron chi connectivity index (χ0n) is 16.0. The molecule has 0 aliphatic carbocycles. The average Bonchev–Trinajstić information content (AvgIpc) is 2.94. The molecule has 3 rings (SSSR count). The number of carbonyl (C=O) groups excluding carboxylic acids is 1. The Morgan fingerprint density at radius 2 is 1.77 bits per heavy atom. The van der Waals surface area contributed by atoms with Crippen molar-refractivity contribution in [3.63, 3.8) is 0 Å². The van der Waals surface area contributed by atoms with E-state index >= 15 is 0 Å². The highest BCUT2D eigenvalue weighted by molar-refractivity contribution is 5.81. The SMILES string of the molecule is Cc1ccccc1Cn1c(CCNC(=O)C(C)(C)C)nc2ccccc21. The van der Waals surface area contributed by atoms with Gasteiger partial charge in [0.15, 0.2) is 0 Å². The molecule has 0 radical (unpaired) electrons. The summed E-state index contributed by atoms with van der Waals surface area (Å²) in [7, 11) is 0. The van der Waals surface area contributed by atoms with Gasteiger partial charge in [0.25, 0.3) is 0 Å². The van der Waals surface area contributed by atoms with Gasteiger partial charge in [0.2, 0.25) is 5.91 Å². The molecule has 0 aliphatic rings. The standard InChI is InChI=1S/C22H27N3O/c1-16-9-5-6-10-17(16)15-25-19-12-8-7-11-18(19)24-20(25)13-14-23-21(26)22(2,3)4/h5-12H,13-15H2,1-4H3,(H,23,26). The van der Waals surface area contributed by atoms with Crippen LogP contribution >= 0.6 is 0 Å². The summed E-state index contributed by atoms with van der Waals surface area (Å²) < 4.78 is 2.26. The molecule has 4 heteroatoms. The van der Waals surface area contributed by atoms with Crippen molar-refractivity contribution in [2.75, 3.05) is 6.54 Å². The summed E-state index contributed by atoms with van der Waals surface area (Å²) in [6.07, 6.45) is 0.711. The first-order chi connectivity index (χ1) is 12.4. The van der Waals surface area contributed by atoms with E-state index in [1.807, 2.05) is 39.0 Å². The van der Waals surface area contributed by atoms with Crippen molar-refractivity contribution in [3.05, 3.63) is 65.5 Å². The second-order valence-electron chi connectivity index (χ2n) is 7.79. The van der Waals surface area contributed by atoms with Crippen LogP contribution in [0.4, 0.5) is 0 Å². The van der Waals surface area contributed by atoms with Crippen LogP contribution in [0.25, 0.3) is 11.0 Å². The van der Waals surface area contributed by atoms with Crippen LogP contribution in [0.2, 0.25) is 0 Å². The molecule has 0 atom stereocenters. The number of nitrogens with one attached hydrogen (secondary N) is 1. The number of aromatic nitrogens is 2. The lowest BCUT2D eigenvalue weighted by atomic mass is 9.96. The molecule has 0 saturated carbocycles. The molecular formula is C22H27N3O. The zero-order valence-corrected chi connectivity index (χ0v) is 16.0. The molecule has 1 aromatic heterocycles. The van der Waals surface area contributed by atoms with E-state index in [0.29, 0.717) is 13.0 Å². The highest BCUT2D eigenvalue weighted by atomic mass is 16.2. The van der Waals surface area contributed by atoms with Crippen molar-refractivity contribution >= 4 is 16.9 Å². The van der Waals surface area contributed by atoms with E-state index < -0.39 is 0 Å². The number of aryl methyl sites for hydroxylation is 1. The largest absolute Gasteiger partial charge is 0.355 e. The van der Waals surface area contributed by atoms with E-state index in [4.69, 9.17) is 4.98 Å². The minimum atomic E-state index is -0.374. The summed E-state index contributed by atoms with van der Waals surface area (Å²) in [5.74, 6) is 1.07. The summed E-state index contributed by atoms with van der Waals surface area (Å²) >= 11 is 0. The number of carbonyl (C=O) groups is 1. The summed E-state index contributed by atoms with van der Waals surface area (Å²) in [5.41, 5.74) is 4.32. The number of nitrogens with zero attached hydrogens (tertiary/aromatic N) is 2. The van der Waals surface area contributed by atoms with Gasteiger partial charge in [-0.15, -0.1) is 0 Å². The van der Waals surface area contributed by atoms with E-state index in [-0.39, 0.29) is 11.3 Å². The Morgan fingerprint density at radius 3 is 2.50 bits per heavy atom. The Kier molecular flexibility index (Phi) is 5.12. The smallest absolute Gasteiger partial charge is 0.225 e. The normalized spacial score (nSPS) is 11.7. The molecule has 0 bridgehead atoms. The highest BCUT2D eigenvalue weighted by Gasteiger charge is 2.20. The fourth-order valence-electron chi connectivity index (χ4n) is 3.00. The second kappa shape index (κ2) is 7.32. The maximum atomic E-state index is 12.1. The molecule has 4 nitrogen and oxygen atoms in total. The van der Waals surface area contributed by atoms with Crippen molar-refractivity contribution in [1.29, 1.82) is 0 Å². The first-order valence-electron chi connectivity index (χ1n) is 9.13. The summed E-state index contributed by atoms with van der Waals surface area (Å²) in [4.78, 5) is 16.9. The lowest BCUT2D eigenvalue weighted by Crippen LogP contribution is -2.36. The summed E-state index contributed by atoms with van der Waals surface area (Å²) in [5, 5.41) is 3.03. The van der Waals surface area contributed by atoms with Crippen LogP contribution in [0, 0.1) is 12.3 Å². The van der Waals surface area contributed by atoms with Crippen molar-refractivity contribution < 1.29 is 4.79 Å². The Labute approximate surface area is 155 Å².